The van der Waals surface area contributed by atoms with Gasteiger partial charge in [0.2, 0.25) is 10.0 Å². The molecule has 0 aromatic carbocycles. The summed E-state index contributed by atoms with van der Waals surface area (Å²) < 4.78 is 25.1. The van der Waals surface area contributed by atoms with Crippen molar-refractivity contribution in [2.45, 2.75) is 52.5 Å². The van der Waals surface area contributed by atoms with Crippen molar-refractivity contribution in [2.75, 3.05) is 18.8 Å². The van der Waals surface area contributed by atoms with Crippen molar-refractivity contribution in [2.24, 2.45) is 11.8 Å². The van der Waals surface area contributed by atoms with Gasteiger partial charge >= 0.3 is 0 Å². The van der Waals surface area contributed by atoms with E-state index in [4.69, 9.17) is 0 Å². The lowest BCUT2D eigenvalue weighted by Crippen LogP contribution is -2.41. The molecule has 5 heteroatoms. The van der Waals surface area contributed by atoms with Gasteiger partial charge in [-0.3, -0.25) is 0 Å². The fourth-order valence-corrected chi connectivity index (χ4v) is 3.24. The van der Waals surface area contributed by atoms with Crippen LogP contribution in [0.1, 0.15) is 46.5 Å². The third-order valence-electron chi connectivity index (χ3n) is 4.17. The molecule has 1 aliphatic carbocycles. The Labute approximate surface area is 112 Å². The molecular weight excluding hydrogens is 248 g/mol. The smallest absolute Gasteiger partial charge is 0.211 e. The highest BCUT2D eigenvalue weighted by Crippen LogP contribution is 2.29. The van der Waals surface area contributed by atoms with Crippen LogP contribution >= 0.6 is 0 Å². The van der Waals surface area contributed by atoms with Crippen LogP contribution in [0.5, 0.6) is 0 Å². The molecule has 3 atom stereocenters. The Morgan fingerprint density at radius 2 is 1.89 bits per heavy atom. The van der Waals surface area contributed by atoms with E-state index in [0.717, 1.165) is 24.8 Å². The van der Waals surface area contributed by atoms with Crippen LogP contribution < -0.4 is 10.0 Å². The van der Waals surface area contributed by atoms with Crippen LogP contribution in [-0.2, 0) is 10.0 Å². The molecule has 4 nitrogen and oxygen atoms in total. The molecule has 1 saturated carbocycles. The van der Waals surface area contributed by atoms with Gasteiger partial charge < -0.3 is 5.32 Å². The zero-order chi connectivity index (χ0) is 13.6. The van der Waals surface area contributed by atoms with Crippen molar-refractivity contribution in [3.8, 4) is 0 Å². The summed E-state index contributed by atoms with van der Waals surface area (Å²) in [7, 11) is -3.02. The van der Waals surface area contributed by atoms with Gasteiger partial charge in [-0.2, -0.15) is 0 Å². The highest BCUT2D eigenvalue weighted by atomic mass is 32.2. The molecule has 1 rings (SSSR count). The van der Waals surface area contributed by atoms with Gasteiger partial charge in [0.25, 0.3) is 0 Å². The maximum Gasteiger partial charge on any atom is 0.211 e. The maximum absolute atomic E-state index is 11.2. The van der Waals surface area contributed by atoms with Crippen LogP contribution in [0, 0.1) is 11.8 Å². The summed E-state index contributed by atoms with van der Waals surface area (Å²) in [5, 5.41) is 3.57. The second-order valence-corrected chi connectivity index (χ2v) is 7.57. The van der Waals surface area contributed by atoms with Crippen LogP contribution in [-0.4, -0.2) is 33.3 Å². The summed E-state index contributed by atoms with van der Waals surface area (Å²) in [5.41, 5.74) is 0. The summed E-state index contributed by atoms with van der Waals surface area (Å²) >= 11 is 0. The van der Waals surface area contributed by atoms with Gasteiger partial charge in [0.1, 0.15) is 0 Å². The zero-order valence-corrected chi connectivity index (χ0v) is 12.7. The van der Waals surface area contributed by atoms with Crippen molar-refractivity contribution >= 4 is 10.0 Å². The van der Waals surface area contributed by atoms with Crippen LogP contribution in [0.15, 0.2) is 0 Å². The fourth-order valence-electron chi connectivity index (χ4n) is 2.58. The Balaban J connectivity index is 2.14. The van der Waals surface area contributed by atoms with E-state index in [1.54, 1.807) is 6.92 Å². The van der Waals surface area contributed by atoms with Crippen molar-refractivity contribution < 1.29 is 8.42 Å². The van der Waals surface area contributed by atoms with Crippen molar-refractivity contribution in [3.63, 3.8) is 0 Å². The van der Waals surface area contributed by atoms with E-state index in [1.807, 2.05) is 0 Å². The summed E-state index contributed by atoms with van der Waals surface area (Å²) in [5.74, 6) is 1.69. The van der Waals surface area contributed by atoms with Crippen LogP contribution in [0.2, 0.25) is 0 Å². The fraction of sp³-hybridized carbons (Fsp3) is 1.00. The maximum atomic E-state index is 11.2. The van der Waals surface area contributed by atoms with Crippen molar-refractivity contribution in [3.05, 3.63) is 0 Å². The van der Waals surface area contributed by atoms with Gasteiger partial charge in [0.05, 0.1) is 5.75 Å². The lowest BCUT2D eigenvalue weighted by Gasteiger charge is -2.34. The van der Waals surface area contributed by atoms with Crippen LogP contribution in [0.25, 0.3) is 0 Å². The predicted molar refractivity (Wildman–Crippen MR) is 76.1 cm³/mol. The molecule has 3 unspecified atom stereocenters. The number of sulfonamides is 1. The monoisotopic (exact) mass is 276 g/mol. The van der Waals surface area contributed by atoms with Gasteiger partial charge in [-0.15, -0.1) is 0 Å². The molecule has 18 heavy (non-hydrogen) atoms. The second-order valence-electron chi connectivity index (χ2n) is 5.48. The highest BCUT2D eigenvalue weighted by Gasteiger charge is 2.26. The molecule has 0 aromatic heterocycles. The van der Waals surface area contributed by atoms with E-state index < -0.39 is 10.0 Å². The first kappa shape index (κ1) is 15.9. The molecule has 0 heterocycles. The van der Waals surface area contributed by atoms with Gasteiger partial charge in [0.15, 0.2) is 0 Å². The first-order valence-electron chi connectivity index (χ1n) is 7.17. The lowest BCUT2D eigenvalue weighted by atomic mass is 9.78. The molecule has 0 spiro atoms. The average Bonchev–Trinajstić information content (AvgIpc) is 2.34. The summed E-state index contributed by atoms with van der Waals surface area (Å²) in [6.45, 7) is 7.74. The Kier molecular flexibility index (Phi) is 6.60. The molecule has 0 aromatic rings. The van der Waals surface area contributed by atoms with E-state index >= 15 is 0 Å². The topological polar surface area (TPSA) is 58.2 Å². The van der Waals surface area contributed by atoms with Gasteiger partial charge in [0, 0.05) is 12.6 Å². The van der Waals surface area contributed by atoms with E-state index in [0.29, 0.717) is 12.6 Å². The standard InChI is InChI=1S/C13H28N2O2S/c1-4-18(16,17)15-10-6-9-14-13-8-5-7-11(2)12(13)3/h11-15H,4-10H2,1-3H3. The molecule has 108 valence electrons. The van der Waals surface area contributed by atoms with E-state index in [9.17, 15) is 8.42 Å². The minimum Gasteiger partial charge on any atom is -0.314 e. The highest BCUT2D eigenvalue weighted by molar-refractivity contribution is 7.89. The second kappa shape index (κ2) is 7.46. The summed E-state index contributed by atoms with van der Waals surface area (Å²) in [6.07, 6.45) is 4.77. The first-order chi connectivity index (χ1) is 8.46. The third-order valence-corrected chi connectivity index (χ3v) is 5.57. The molecule has 0 saturated heterocycles. The minimum atomic E-state index is -3.02. The molecule has 0 aliphatic heterocycles. The number of nitrogens with one attached hydrogen (secondary N) is 2. The molecule has 1 fully saturated rings. The largest absolute Gasteiger partial charge is 0.314 e. The molecule has 0 radical (unpaired) electrons. The third kappa shape index (κ3) is 5.24. The molecule has 2 N–H and O–H groups in total. The number of hydrogen-bond acceptors (Lipinski definition) is 3. The normalized spacial score (nSPS) is 29.4. The predicted octanol–water partition coefficient (Wildman–Crippen LogP) is 1.73. The van der Waals surface area contributed by atoms with Gasteiger partial charge in [-0.05, 0) is 38.1 Å². The average molecular weight is 276 g/mol. The number of rotatable bonds is 7. The lowest BCUT2D eigenvalue weighted by molar-refractivity contribution is 0.207. The number of hydrogen-bond donors (Lipinski definition) is 2. The Morgan fingerprint density at radius 1 is 1.17 bits per heavy atom. The quantitative estimate of drug-likeness (QED) is 0.696. The Bertz CT molecular complexity index is 330. The molecular formula is C13H28N2O2S. The molecule has 0 bridgehead atoms. The van der Waals surface area contributed by atoms with Crippen molar-refractivity contribution in [1.82, 2.24) is 10.0 Å². The summed E-state index contributed by atoms with van der Waals surface area (Å²) in [4.78, 5) is 0. The zero-order valence-electron chi connectivity index (χ0n) is 11.9. The van der Waals surface area contributed by atoms with E-state index in [-0.39, 0.29) is 5.75 Å². The van der Waals surface area contributed by atoms with E-state index in [2.05, 4.69) is 23.9 Å². The van der Waals surface area contributed by atoms with Crippen LogP contribution in [0.4, 0.5) is 0 Å². The molecule has 0 amide bonds. The van der Waals surface area contributed by atoms with Gasteiger partial charge in [-0.25, -0.2) is 13.1 Å². The van der Waals surface area contributed by atoms with Crippen LogP contribution in [0.3, 0.4) is 0 Å². The first-order valence-corrected chi connectivity index (χ1v) is 8.82. The Morgan fingerprint density at radius 3 is 2.56 bits per heavy atom. The van der Waals surface area contributed by atoms with Crippen molar-refractivity contribution in [1.29, 1.82) is 0 Å². The minimum absolute atomic E-state index is 0.164. The van der Waals surface area contributed by atoms with Gasteiger partial charge in [-0.1, -0.05) is 26.7 Å². The Hall–Kier alpha value is -0.130. The summed E-state index contributed by atoms with van der Waals surface area (Å²) in [6, 6.07) is 0.608. The SMILES string of the molecule is CCS(=O)(=O)NCCCNC1CCCC(C)C1C. The van der Waals surface area contributed by atoms with E-state index in [1.165, 1.54) is 19.3 Å². The molecule has 1 aliphatic rings.